The first-order valence-corrected chi connectivity index (χ1v) is 6.03. The second-order valence-electron chi connectivity index (χ2n) is 3.57. The lowest BCUT2D eigenvalue weighted by molar-refractivity contribution is 0.691. The molecule has 3 N–H and O–H groups in total. The highest BCUT2D eigenvalue weighted by Crippen LogP contribution is 2.22. The van der Waals surface area contributed by atoms with Crippen LogP contribution >= 0.6 is 22.6 Å². The maximum atomic E-state index is 5.90. The van der Waals surface area contributed by atoms with E-state index in [0.29, 0.717) is 6.04 Å². The van der Waals surface area contributed by atoms with Crippen molar-refractivity contribution in [2.24, 2.45) is 0 Å². The topological polar surface area (TPSA) is 38.0 Å². The van der Waals surface area contributed by atoms with Gasteiger partial charge in [0.05, 0.1) is 11.4 Å². The van der Waals surface area contributed by atoms with E-state index in [4.69, 9.17) is 5.73 Å². The average Bonchev–Trinajstić information content (AvgIpc) is 2.10. The van der Waals surface area contributed by atoms with Crippen molar-refractivity contribution in [1.82, 2.24) is 0 Å². The smallest absolute Gasteiger partial charge is 0.0576 e. The Labute approximate surface area is 99.4 Å². The molecule has 2 nitrogen and oxygen atoms in total. The van der Waals surface area contributed by atoms with Gasteiger partial charge in [-0.25, -0.2) is 0 Å². The predicted molar refractivity (Wildman–Crippen MR) is 71.6 cm³/mol. The molecule has 0 saturated heterocycles. The number of nitrogen functional groups attached to an aromatic ring is 1. The molecular formula is C11H17IN2. The normalized spacial score (nSPS) is 12.5. The van der Waals surface area contributed by atoms with E-state index in [0.717, 1.165) is 11.4 Å². The Morgan fingerprint density at radius 1 is 1.50 bits per heavy atom. The zero-order chi connectivity index (χ0) is 10.6. The Morgan fingerprint density at radius 2 is 2.21 bits per heavy atom. The summed E-state index contributed by atoms with van der Waals surface area (Å²) in [5.74, 6) is 0. The molecule has 0 aliphatic rings. The van der Waals surface area contributed by atoms with E-state index in [9.17, 15) is 0 Å². The summed E-state index contributed by atoms with van der Waals surface area (Å²) >= 11 is 2.26. The Bertz CT molecular complexity index is 299. The largest absolute Gasteiger partial charge is 0.397 e. The quantitative estimate of drug-likeness (QED) is 0.660. The number of hydrogen-bond donors (Lipinski definition) is 2. The van der Waals surface area contributed by atoms with Crippen molar-refractivity contribution < 1.29 is 0 Å². The third-order valence-corrected chi connectivity index (χ3v) is 2.81. The fourth-order valence-corrected chi connectivity index (χ4v) is 1.95. The number of anilines is 2. The molecule has 0 bridgehead atoms. The van der Waals surface area contributed by atoms with Crippen molar-refractivity contribution >= 4 is 34.0 Å². The fraction of sp³-hybridized carbons (Fsp3) is 0.455. The highest BCUT2D eigenvalue weighted by Gasteiger charge is 2.03. The molecule has 1 aromatic rings. The van der Waals surface area contributed by atoms with Crippen LogP contribution in [0.3, 0.4) is 0 Å². The molecule has 14 heavy (non-hydrogen) atoms. The van der Waals surface area contributed by atoms with Crippen LogP contribution in [-0.4, -0.2) is 6.04 Å². The first kappa shape index (κ1) is 11.6. The van der Waals surface area contributed by atoms with Crippen LogP contribution in [0.4, 0.5) is 11.4 Å². The molecule has 1 rings (SSSR count). The molecule has 1 unspecified atom stereocenters. The number of rotatable bonds is 4. The first-order chi connectivity index (χ1) is 6.63. The van der Waals surface area contributed by atoms with Crippen molar-refractivity contribution in [3.63, 3.8) is 0 Å². The van der Waals surface area contributed by atoms with Gasteiger partial charge in [-0.2, -0.15) is 0 Å². The van der Waals surface area contributed by atoms with Crippen molar-refractivity contribution in [3.05, 3.63) is 21.8 Å². The zero-order valence-electron chi connectivity index (χ0n) is 8.68. The van der Waals surface area contributed by atoms with E-state index in [-0.39, 0.29) is 0 Å². The molecule has 3 heteroatoms. The lowest BCUT2D eigenvalue weighted by Crippen LogP contribution is -2.15. The van der Waals surface area contributed by atoms with Gasteiger partial charge in [-0.1, -0.05) is 13.3 Å². The molecule has 0 saturated carbocycles. The van der Waals surface area contributed by atoms with Crippen LogP contribution < -0.4 is 11.1 Å². The summed E-state index contributed by atoms with van der Waals surface area (Å²) in [7, 11) is 0. The van der Waals surface area contributed by atoms with Crippen LogP contribution in [0.25, 0.3) is 0 Å². The van der Waals surface area contributed by atoms with Crippen molar-refractivity contribution in [2.45, 2.75) is 32.7 Å². The maximum absolute atomic E-state index is 5.90. The summed E-state index contributed by atoms with van der Waals surface area (Å²) in [5.41, 5.74) is 7.78. The average molecular weight is 304 g/mol. The van der Waals surface area contributed by atoms with Gasteiger partial charge >= 0.3 is 0 Å². The van der Waals surface area contributed by atoms with Crippen molar-refractivity contribution in [1.29, 1.82) is 0 Å². The van der Waals surface area contributed by atoms with Gasteiger partial charge in [0.25, 0.3) is 0 Å². The van der Waals surface area contributed by atoms with Crippen LogP contribution in [0.1, 0.15) is 26.7 Å². The fourth-order valence-electron chi connectivity index (χ4n) is 1.44. The number of halogens is 1. The summed E-state index contributed by atoms with van der Waals surface area (Å²) in [6.07, 6.45) is 2.36. The SMILES string of the molecule is CCCC(C)Nc1ccc(I)cc1N. The molecule has 0 spiro atoms. The summed E-state index contributed by atoms with van der Waals surface area (Å²) in [4.78, 5) is 0. The minimum absolute atomic E-state index is 0.488. The molecule has 1 aromatic carbocycles. The molecular weight excluding hydrogens is 287 g/mol. The van der Waals surface area contributed by atoms with E-state index in [2.05, 4.69) is 47.8 Å². The maximum Gasteiger partial charge on any atom is 0.0576 e. The summed E-state index contributed by atoms with van der Waals surface area (Å²) in [6.45, 7) is 4.37. The monoisotopic (exact) mass is 304 g/mol. The van der Waals surface area contributed by atoms with E-state index < -0.39 is 0 Å². The second kappa shape index (κ2) is 5.44. The molecule has 0 heterocycles. The van der Waals surface area contributed by atoms with Crippen molar-refractivity contribution in [2.75, 3.05) is 11.1 Å². The van der Waals surface area contributed by atoms with Crippen LogP contribution in [0, 0.1) is 3.57 Å². The van der Waals surface area contributed by atoms with Gasteiger partial charge < -0.3 is 11.1 Å². The molecule has 1 atom stereocenters. The molecule has 0 amide bonds. The van der Waals surface area contributed by atoms with Crippen LogP contribution in [-0.2, 0) is 0 Å². The number of nitrogens with two attached hydrogens (primary N) is 1. The molecule has 0 aliphatic heterocycles. The number of hydrogen-bond acceptors (Lipinski definition) is 2. The minimum Gasteiger partial charge on any atom is -0.397 e. The van der Waals surface area contributed by atoms with E-state index >= 15 is 0 Å². The Balaban J connectivity index is 2.67. The van der Waals surface area contributed by atoms with Gasteiger partial charge in [-0.05, 0) is 54.1 Å². The minimum atomic E-state index is 0.488. The Hall–Kier alpha value is -0.450. The van der Waals surface area contributed by atoms with E-state index in [1.54, 1.807) is 0 Å². The van der Waals surface area contributed by atoms with Crippen LogP contribution in [0.5, 0.6) is 0 Å². The van der Waals surface area contributed by atoms with Crippen molar-refractivity contribution in [3.8, 4) is 0 Å². The third-order valence-electron chi connectivity index (χ3n) is 2.14. The Kier molecular flexibility index (Phi) is 4.51. The van der Waals surface area contributed by atoms with Gasteiger partial charge in [0, 0.05) is 9.61 Å². The molecule has 0 radical (unpaired) electrons. The molecule has 0 aliphatic carbocycles. The lowest BCUT2D eigenvalue weighted by Gasteiger charge is -2.16. The van der Waals surface area contributed by atoms with Crippen LogP contribution in [0.2, 0.25) is 0 Å². The first-order valence-electron chi connectivity index (χ1n) is 4.95. The number of nitrogens with one attached hydrogen (secondary N) is 1. The predicted octanol–water partition coefficient (Wildman–Crippen LogP) is 3.47. The van der Waals surface area contributed by atoms with Gasteiger partial charge in [0.1, 0.15) is 0 Å². The standard InChI is InChI=1S/C11H17IN2/c1-3-4-8(2)14-11-6-5-9(12)7-10(11)13/h5-8,14H,3-4,13H2,1-2H3. The Morgan fingerprint density at radius 3 is 2.79 bits per heavy atom. The number of benzene rings is 1. The van der Waals surface area contributed by atoms with E-state index in [1.165, 1.54) is 16.4 Å². The molecule has 0 aromatic heterocycles. The zero-order valence-corrected chi connectivity index (χ0v) is 10.8. The molecule has 0 fully saturated rings. The molecule has 78 valence electrons. The van der Waals surface area contributed by atoms with Gasteiger partial charge in [0.15, 0.2) is 0 Å². The van der Waals surface area contributed by atoms with Gasteiger partial charge in [-0.15, -0.1) is 0 Å². The summed E-state index contributed by atoms with van der Waals surface area (Å²) in [5, 5.41) is 3.41. The van der Waals surface area contributed by atoms with E-state index in [1.807, 2.05) is 12.1 Å². The van der Waals surface area contributed by atoms with Gasteiger partial charge in [-0.3, -0.25) is 0 Å². The van der Waals surface area contributed by atoms with Crippen LogP contribution in [0.15, 0.2) is 18.2 Å². The third kappa shape index (κ3) is 3.36. The summed E-state index contributed by atoms with van der Waals surface area (Å²) in [6, 6.07) is 6.59. The van der Waals surface area contributed by atoms with Gasteiger partial charge in [0.2, 0.25) is 0 Å². The lowest BCUT2D eigenvalue weighted by atomic mass is 10.2. The highest BCUT2D eigenvalue weighted by molar-refractivity contribution is 14.1. The summed E-state index contributed by atoms with van der Waals surface area (Å²) < 4.78 is 1.17. The second-order valence-corrected chi connectivity index (χ2v) is 4.81. The highest BCUT2D eigenvalue weighted by atomic mass is 127.